The Hall–Kier alpha value is -2.65. The highest BCUT2D eigenvalue weighted by Gasteiger charge is 2.45. The van der Waals surface area contributed by atoms with Gasteiger partial charge in [-0.3, -0.25) is 14.5 Å². The van der Waals surface area contributed by atoms with Crippen LogP contribution in [0.25, 0.3) is 0 Å². The molecule has 2 heterocycles. The number of anilines is 1. The highest BCUT2D eigenvalue weighted by Crippen LogP contribution is 2.43. The first kappa shape index (κ1) is 29.3. The zero-order valence-corrected chi connectivity index (χ0v) is 25.5. The van der Waals surface area contributed by atoms with Crippen LogP contribution in [-0.4, -0.2) is 50.0 Å². The summed E-state index contributed by atoms with van der Waals surface area (Å²) >= 11 is 0. The van der Waals surface area contributed by atoms with Crippen molar-refractivity contribution in [2.24, 2.45) is 5.92 Å². The van der Waals surface area contributed by atoms with Crippen molar-refractivity contribution >= 4 is 59.0 Å². The van der Waals surface area contributed by atoms with E-state index in [9.17, 15) is 18.5 Å². The highest BCUT2D eigenvalue weighted by molar-refractivity contribution is 7.70. The van der Waals surface area contributed by atoms with Crippen molar-refractivity contribution in [3.8, 4) is 11.5 Å². The number of amides is 1. The summed E-state index contributed by atoms with van der Waals surface area (Å²) in [4.78, 5) is 33.4. The molecule has 0 N–H and O–H groups in total. The Bertz CT molecular complexity index is 1420. The summed E-state index contributed by atoms with van der Waals surface area (Å²) in [5, 5.41) is 2.24. The van der Waals surface area contributed by atoms with Crippen molar-refractivity contribution in [3.05, 3.63) is 65.9 Å². The van der Waals surface area contributed by atoms with Gasteiger partial charge in [0, 0.05) is 37.6 Å². The Balaban J connectivity index is 1.74. The summed E-state index contributed by atoms with van der Waals surface area (Å²) in [6, 6.07) is 13.4. The minimum absolute atomic E-state index is 0.0436. The number of benzene rings is 2. The van der Waals surface area contributed by atoms with E-state index >= 15 is 0 Å². The average Bonchev–Trinajstić information content (AvgIpc) is 3.18. The lowest BCUT2D eigenvalue weighted by Gasteiger charge is -2.22. The molecule has 4 rings (SSSR count). The summed E-state index contributed by atoms with van der Waals surface area (Å²) in [5.41, 5.74) is 1.31. The van der Waals surface area contributed by atoms with Gasteiger partial charge in [-0.25, -0.2) is 9.37 Å². The molecule has 1 amide bonds. The normalized spacial score (nSPS) is 18.2. The molecular weight excluding hydrogens is 556 g/mol. The lowest BCUT2D eigenvalue weighted by molar-refractivity contribution is -0.120. The van der Waals surface area contributed by atoms with Crippen LogP contribution in [0.5, 0.6) is 11.5 Å². The molecule has 3 unspecified atom stereocenters. The minimum Gasteiger partial charge on any atom is -0.497 e. The molecule has 0 radical (unpaired) electrons. The van der Waals surface area contributed by atoms with Gasteiger partial charge >= 0.3 is 0 Å². The maximum absolute atomic E-state index is 14.0. The monoisotopic (exact) mass is 588 g/mol. The largest absolute Gasteiger partial charge is 0.497 e. The van der Waals surface area contributed by atoms with Crippen LogP contribution >= 0.6 is 25.6 Å². The number of alkyl halides is 1. The van der Waals surface area contributed by atoms with Crippen molar-refractivity contribution in [1.29, 1.82) is 0 Å². The number of pyridine rings is 1. The molecule has 5 atom stereocenters. The number of aromatic nitrogens is 1. The molecule has 3 aromatic rings. The number of hydrogen-bond donors (Lipinski definition) is 0. The van der Waals surface area contributed by atoms with Crippen LogP contribution in [0.2, 0.25) is 0 Å². The lowest BCUT2D eigenvalue weighted by atomic mass is 9.84. The Morgan fingerprint density at radius 2 is 1.79 bits per heavy atom. The summed E-state index contributed by atoms with van der Waals surface area (Å²) in [6.45, 7) is 4.85. The Kier molecular flexibility index (Phi) is 8.91. The Morgan fingerprint density at radius 1 is 1.15 bits per heavy atom. The van der Waals surface area contributed by atoms with Gasteiger partial charge in [0.15, 0.2) is 5.78 Å². The highest BCUT2D eigenvalue weighted by atomic mass is 31.2. The SMILES string of the molecule is COc1cc(P)c([C@@H]2CN(c3ncccc3P(C)(C)=O)C(=O)[C@H]2CC(=O)c2ccc(OC(C)F)cc2)c(P)c1. The van der Waals surface area contributed by atoms with Crippen LogP contribution in [0.3, 0.4) is 0 Å². The predicted octanol–water partition coefficient (Wildman–Crippen LogP) is 4.05. The molecule has 7 nitrogen and oxygen atoms in total. The van der Waals surface area contributed by atoms with E-state index in [1.807, 2.05) is 12.1 Å². The second-order valence-corrected chi connectivity index (χ2v) is 14.3. The molecule has 11 heteroatoms. The number of rotatable bonds is 9. The minimum atomic E-state index is -2.75. The standard InChI is InChI=1S/C28H32FN2O5P3/c1-16(29)36-18-9-7-17(8-10-18)22(32)14-20-21(26-23(37)12-19(35-2)13-24(26)38)15-31(28(20)33)27-25(39(3,4)34)6-5-11-30-27/h5-13,16,20-21H,14-15,37-38H2,1-4H3/t16?,20-,21+/m0/s1. The van der Waals surface area contributed by atoms with Crippen molar-refractivity contribution in [3.63, 3.8) is 0 Å². The molecule has 0 bridgehead atoms. The third-order valence-corrected chi connectivity index (χ3v) is 9.22. The molecule has 2 aromatic carbocycles. The van der Waals surface area contributed by atoms with E-state index in [4.69, 9.17) is 9.47 Å². The van der Waals surface area contributed by atoms with Gasteiger partial charge in [0.05, 0.1) is 18.3 Å². The van der Waals surface area contributed by atoms with Gasteiger partial charge in [0.1, 0.15) is 24.5 Å². The van der Waals surface area contributed by atoms with Crippen LogP contribution in [0.15, 0.2) is 54.7 Å². The van der Waals surface area contributed by atoms with E-state index in [-0.39, 0.29) is 30.6 Å². The van der Waals surface area contributed by atoms with E-state index in [1.54, 1.807) is 55.8 Å². The number of ether oxygens (including phenoxy) is 2. The maximum Gasteiger partial charge on any atom is 0.235 e. The van der Waals surface area contributed by atoms with Gasteiger partial charge in [-0.15, -0.1) is 18.5 Å². The number of methoxy groups -OCH3 is 1. The first-order chi connectivity index (χ1) is 18.4. The summed E-state index contributed by atoms with van der Waals surface area (Å²) < 4.78 is 36.7. The zero-order valence-electron chi connectivity index (χ0n) is 22.3. The van der Waals surface area contributed by atoms with E-state index in [2.05, 4.69) is 23.5 Å². The molecule has 1 aliphatic rings. The molecule has 206 valence electrons. The third kappa shape index (κ3) is 6.40. The van der Waals surface area contributed by atoms with E-state index in [1.165, 1.54) is 19.1 Å². The molecule has 0 aliphatic carbocycles. The second-order valence-electron chi connectivity index (χ2n) is 9.89. The van der Waals surface area contributed by atoms with Gasteiger partial charge in [0.2, 0.25) is 12.3 Å². The van der Waals surface area contributed by atoms with Crippen molar-refractivity contribution in [2.75, 3.05) is 31.9 Å². The molecular formula is C28H32FN2O5P3. The third-order valence-electron chi connectivity index (χ3n) is 6.75. The zero-order chi connectivity index (χ0) is 28.5. The van der Waals surface area contributed by atoms with Gasteiger partial charge in [-0.1, -0.05) is 0 Å². The summed E-state index contributed by atoms with van der Waals surface area (Å²) in [5.74, 6) is -0.148. The fourth-order valence-electron chi connectivity index (χ4n) is 4.96. The summed E-state index contributed by atoms with van der Waals surface area (Å²) in [6.07, 6.45) is 0.0595. The first-order valence-electron chi connectivity index (χ1n) is 12.4. The van der Waals surface area contributed by atoms with Crippen LogP contribution in [-0.2, 0) is 9.36 Å². The van der Waals surface area contributed by atoms with Gasteiger partial charge in [-0.05, 0) is 78.0 Å². The quantitative estimate of drug-likeness (QED) is 0.277. The smallest absolute Gasteiger partial charge is 0.235 e. The number of Topliss-reactive ketones (excluding diaryl/α,β-unsaturated/α-hetero) is 1. The molecule has 1 aromatic heterocycles. The van der Waals surface area contributed by atoms with Gasteiger partial charge in [0.25, 0.3) is 0 Å². The lowest BCUT2D eigenvalue weighted by Crippen LogP contribution is -2.32. The van der Waals surface area contributed by atoms with Gasteiger partial charge < -0.3 is 14.0 Å². The van der Waals surface area contributed by atoms with Crippen molar-refractivity contribution < 1.29 is 28.0 Å². The van der Waals surface area contributed by atoms with E-state index in [0.29, 0.717) is 28.2 Å². The fraction of sp³-hybridized carbons (Fsp3) is 0.321. The fourth-order valence-corrected chi connectivity index (χ4v) is 7.32. The maximum atomic E-state index is 14.0. The first-order valence-corrected chi connectivity index (χ1v) is 16.1. The predicted molar refractivity (Wildman–Crippen MR) is 160 cm³/mol. The summed E-state index contributed by atoms with van der Waals surface area (Å²) in [7, 11) is 4.25. The van der Waals surface area contributed by atoms with E-state index in [0.717, 1.165) is 16.2 Å². The molecule has 0 spiro atoms. The van der Waals surface area contributed by atoms with Crippen LogP contribution in [0.1, 0.15) is 35.2 Å². The number of halogens is 1. The molecule has 1 fully saturated rings. The number of ketones is 1. The van der Waals surface area contributed by atoms with Crippen LogP contribution in [0, 0.1) is 5.92 Å². The molecule has 1 aliphatic heterocycles. The topological polar surface area (TPSA) is 85.8 Å². The number of carbonyl (C=O) groups is 2. The molecule has 0 saturated carbocycles. The molecule has 39 heavy (non-hydrogen) atoms. The Labute approximate surface area is 232 Å². The number of carbonyl (C=O) groups excluding carboxylic acids is 2. The van der Waals surface area contributed by atoms with Crippen LogP contribution in [0.4, 0.5) is 10.2 Å². The van der Waals surface area contributed by atoms with Crippen LogP contribution < -0.4 is 30.3 Å². The van der Waals surface area contributed by atoms with E-state index < -0.39 is 19.4 Å². The van der Waals surface area contributed by atoms with Crippen molar-refractivity contribution in [2.45, 2.75) is 25.6 Å². The van der Waals surface area contributed by atoms with Crippen molar-refractivity contribution in [1.82, 2.24) is 4.98 Å². The number of nitrogens with zero attached hydrogens (tertiary/aromatic N) is 2. The number of hydrogen-bond acceptors (Lipinski definition) is 6. The van der Waals surface area contributed by atoms with Gasteiger partial charge in [-0.2, -0.15) is 0 Å². The molecule has 1 saturated heterocycles. The Morgan fingerprint density at radius 3 is 2.36 bits per heavy atom. The average molecular weight is 588 g/mol. The second kappa shape index (κ2) is 11.8.